The maximum Gasteiger partial charge on any atom is 0.131 e. The number of halogens is 1. The van der Waals surface area contributed by atoms with Crippen LogP contribution in [-0.4, -0.2) is 31.2 Å². The molecule has 4 heteroatoms. The molecule has 1 aromatic carbocycles. The van der Waals surface area contributed by atoms with Gasteiger partial charge in [-0.1, -0.05) is 11.6 Å². The fourth-order valence-corrected chi connectivity index (χ4v) is 3.84. The van der Waals surface area contributed by atoms with Gasteiger partial charge in [-0.15, -0.1) is 0 Å². The van der Waals surface area contributed by atoms with Crippen molar-refractivity contribution >= 4 is 34.0 Å². The smallest absolute Gasteiger partial charge is 0.131 e. The second kappa shape index (κ2) is 5.96. The Morgan fingerprint density at radius 3 is 2.27 bits per heavy atom. The molecular formula is C18H22ClN3. The van der Waals surface area contributed by atoms with Crippen molar-refractivity contribution in [3.8, 4) is 0 Å². The third-order valence-corrected chi connectivity index (χ3v) is 5.10. The van der Waals surface area contributed by atoms with E-state index in [0.717, 1.165) is 42.5 Å². The van der Waals surface area contributed by atoms with E-state index in [2.05, 4.69) is 28.0 Å². The predicted octanol–water partition coefficient (Wildman–Crippen LogP) is 4.48. The van der Waals surface area contributed by atoms with Crippen molar-refractivity contribution in [3.63, 3.8) is 0 Å². The van der Waals surface area contributed by atoms with Crippen molar-refractivity contribution in [1.82, 2.24) is 4.98 Å². The van der Waals surface area contributed by atoms with Gasteiger partial charge in [-0.2, -0.15) is 0 Å². The van der Waals surface area contributed by atoms with Gasteiger partial charge >= 0.3 is 0 Å². The SMILES string of the molecule is Clc1ccc2nc(N3CCCCC3)cc(N3CCCC3)c2c1. The summed E-state index contributed by atoms with van der Waals surface area (Å²) in [5.41, 5.74) is 2.37. The molecule has 4 rings (SSSR count). The maximum atomic E-state index is 6.23. The Balaban J connectivity index is 1.83. The van der Waals surface area contributed by atoms with Crippen LogP contribution in [0, 0.1) is 0 Å². The van der Waals surface area contributed by atoms with E-state index in [0.29, 0.717) is 0 Å². The van der Waals surface area contributed by atoms with Crippen LogP contribution < -0.4 is 9.80 Å². The summed E-state index contributed by atoms with van der Waals surface area (Å²) in [7, 11) is 0. The van der Waals surface area contributed by atoms with Crippen molar-refractivity contribution in [2.24, 2.45) is 0 Å². The van der Waals surface area contributed by atoms with Crippen LogP contribution in [0.2, 0.25) is 5.02 Å². The van der Waals surface area contributed by atoms with Crippen LogP contribution in [0.5, 0.6) is 0 Å². The highest BCUT2D eigenvalue weighted by atomic mass is 35.5. The molecular weight excluding hydrogens is 294 g/mol. The molecule has 2 saturated heterocycles. The average molecular weight is 316 g/mol. The van der Waals surface area contributed by atoms with Gasteiger partial charge in [0.2, 0.25) is 0 Å². The van der Waals surface area contributed by atoms with E-state index in [1.165, 1.54) is 43.2 Å². The minimum absolute atomic E-state index is 0.792. The maximum absolute atomic E-state index is 6.23. The molecule has 0 aliphatic carbocycles. The summed E-state index contributed by atoms with van der Waals surface area (Å²) >= 11 is 6.23. The number of rotatable bonds is 2. The zero-order valence-corrected chi connectivity index (χ0v) is 13.6. The van der Waals surface area contributed by atoms with E-state index >= 15 is 0 Å². The first-order valence-corrected chi connectivity index (χ1v) is 8.79. The van der Waals surface area contributed by atoms with Gasteiger partial charge in [-0.3, -0.25) is 0 Å². The highest BCUT2D eigenvalue weighted by Crippen LogP contribution is 2.34. The summed E-state index contributed by atoms with van der Waals surface area (Å²) in [6, 6.07) is 8.36. The molecule has 0 N–H and O–H groups in total. The van der Waals surface area contributed by atoms with Gasteiger partial charge in [0.1, 0.15) is 5.82 Å². The monoisotopic (exact) mass is 315 g/mol. The van der Waals surface area contributed by atoms with E-state index in [1.54, 1.807) is 0 Å². The summed E-state index contributed by atoms with van der Waals surface area (Å²) in [4.78, 5) is 9.85. The predicted molar refractivity (Wildman–Crippen MR) is 94.3 cm³/mol. The number of hydrogen-bond donors (Lipinski definition) is 0. The number of anilines is 2. The molecule has 0 spiro atoms. The lowest BCUT2D eigenvalue weighted by Crippen LogP contribution is -2.30. The normalized spacial score (nSPS) is 19.1. The molecule has 0 radical (unpaired) electrons. The van der Waals surface area contributed by atoms with E-state index in [-0.39, 0.29) is 0 Å². The summed E-state index contributed by atoms with van der Waals surface area (Å²) in [6.07, 6.45) is 6.46. The topological polar surface area (TPSA) is 19.4 Å². The lowest BCUT2D eigenvalue weighted by Gasteiger charge is -2.29. The third-order valence-electron chi connectivity index (χ3n) is 4.86. The van der Waals surface area contributed by atoms with Crippen molar-refractivity contribution in [2.45, 2.75) is 32.1 Å². The van der Waals surface area contributed by atoms with E-state index in [9.17, 15) is 0 Å². The quantitative estimate of drug-likeness (QED) is 0.814. The van der Waals surface area contributed by atoms with Crippen LogP contribution in [-0.2, 0) is 0 Å². The van der Waals surface area contributed by atoms with Gasteiger partial charge in [0, 0.05) is 48.3 Å². The number of aromatic nitrogens is 1. The minimum atomic E-state index is 0.792. The van der Waals surface area contributed by atoms with Crippen LogP contribution >= 0.6 is 11.6 Å². The fourth-order valence-electron chi connectivity index (χ4n) is 3.67. The molecule has 2 aromatic rings. The van der Waals surface area contributed by atoms with Gasteiger partial charge in [0.15, 0.2) is 0 Å². The highest BCUT2D eigenvalue weighted by molar-refractivity contribution is 6.31. The first-order valence-electron chi connectivity index (χ1n) is 8.41. The molecule has 0 unspecified atom stereocenters. The molecule has 2 aliphatic rings. The molecule has 0 saturated carbocycles. The average Bonchev–Trinajstić information content (AvgIpc) is 3.09. The number of fused-ring (bicyclic) bond motifs is 1. The Hall–Kier alpha value is -1.48. The molecule has 2 aliphatic heterocycles. The number of piperidine rings is 1. The third kappa shape index (κ3) is 2.63. The molecule has 0 amide bonds. The van der Waals surface area contributed by atoms with E-state index in [1.807, 2.05) is 6.07 Å². The van der Waals surface area contributed by atoms with Crippen LogP contribution in [0.25, 0.3) is 10.9 Å². The molecule has 1 aromatic heterocycles. The molecule has 3 heterocycles. The zero-order chi connectivity index (χ0) is 14.9. The number of pyridine rings is 1. The van der Waals surface area contributed by atoms with Crippen LogP contribution in [0.4, 0.5) is 11.5 Å². The second-order valence-electron chi connectivity index (χ2n) is 6.40. The molecule has 3 nitrogen and oxygen atoms in total. The Morgan fingerprint density at radius 1 is 0.818 bits per heavy atom. The van der Waals surface area contributed by atoms with Crippen molar-refractivity contribution in [2.75, 3.05) is 36.0 Å². The first-order chi connectivity index (χ1) is 10.8. The number of nitrogens with zero attached hydrogens (tertiary/aromatic N) is 3. The minimum Gasteiger partial charge on any atom is -0.371 e. The van der Waals surface area contributed by atoms with Crippen molar-refractivity contribution < 1.29 is 0 Å². The van der Waals surface area contributed by atoms with Crippen LogP contribution in [0.15, 0.2) is 24.3 Å². The molecule has 0 atom stereocenters. The Labute approximate surface area is 136 Å². The molecule has 0 bridgehead atoms. The Kier molecular flexibility index (Phi) is 3.83. The summed E-state index contributed by atoms with van der Waals surface area (Å²) in [5.74, 6) is 1.14. The summed E-state index contributed by atoms with van der Waals surface area (Å²) < 4.78 is 0. The zero-order valence-electron chi connectivity index (χ0n) is 12.9. The lowest BCUT2D eigenvalue weighted by atomic mass is 10.1. The van der Waals surface area contributed by atoms with Gasteiger partial charge in [-0.25, -0.2) is 4.98 Å². The standard InChI is InChI=1S/C18H22ClN3/c19-14-6-7-16-15(12-14)17(21-8-4-5-9-21)13-18(20-16)22-10-2-1-3-11-22/h6-7,12-13H,1-5,8-11H2. The fraction of sp³-hybridized carbons (Fsp3) is 0.500. The first kappa shape index (κ1) is 14.1. The van der Waals surface area contributed by atoms with Gasteiger partial charge < -0.3 is 9.80 Å². The number of hydrogen-bond acceptors (Lipinski definition) is 3. The number of benzene rings is 1. The van der Waals surface area contributed by atoms with Crippen LogP contribution in [0.1, 0.15) is 32.1 Å². The van der Waals surface area contributed by atoms with Gasteiger partial charge in [-0.05, 0) is 50.3 Å². The molecule has 116 valence electrons. The Bertz CT molecular complexity index is 673. The second-order valence-corrected chi connectivity index (χ2v) is 6.84. The molecule has 22 heavy (non-hydrogen) atoms. The van der Waals surface area contributed by atoms with Crippen molar-refractivity contribution in [1.29, 1.82) is 0 Å². The van der Waals surface area contributed by atoms with Crippen LogP contribution in [0.3, 0.4) is 0 Å². The lowest BCUT2D eigenvalue weighted by molar-refractivity contribution is 0.574. The largest absolute Gasteiger partial charge is 0.371 e. The molecule has 2 fully saturated rings. The summed E-state index contributed by atoms with van der Waals surface area (Å²) in [6.45, 7) is 4.55. The summed E-state index contributed by atoms with van der Waals surface area (Å²) in [5, 5.41) is 1.98. The van der Waals surface area contributed by atoms with Crippen molar-refractivity contribution in [3.05, 3.63) is 29.3 Å². The Morgan fingerprint density at radius 2 is 1.50 bits per heavy atom. The van der Waals surface area contributed by atoms with Gasteiger partial charge in [0.05, 0.1) is 5.52 Å². The highest BCUT2D eigenvalue weighted by Gasteiger charge is 2.19. The van der Waals surface area contributed by atoms with E-state index < -0.39 is 0 Å². The van der Waals surface area contributed by atoms with Gasteiger partial charge in [0.25, 0.3) is 0 Å². The van der Waals surface area contributed by atoms with E-state index in [4.69, 9.17) is 16.6 Å².